The summed E-state index contributed by atoms with van der Waals surface area (Å²) in [5.74, 6) is -0.939. The third-order valence-corrected chi connectivity index (χ3v) is 1.47. The lowest BCUT2D eigenvalue weighted by molar-refractivity contribution is -0.131. The fourth-order valence-corrected chi connectivity index (χ4v) is 0.832. The molecule has 0 aliphatic heterocycles. The summed E-state index contributed by atoms with van der Waals surface area (Å²) < 4.78 is 0. The summed E-state index contributed by atoms with van der Waals surface area (Å²) >= 11 is 0. The molecule has 1 rings (SSSR count). The van der Waals surface area contributed by atoms with Crippen molar-refractivity contribution in [3.05, 3.63) is 35.7 Å². The first-order chi connectivity index (χ1) is 5.70. The average molecular weight is 163 g/mol. The van der Waals surface area contributed by atoms with Gasteiger partial charge in [0.1, 0.15) is 0 Å². The topological polar surface area (TPSA) is 50.2 Å². The summed E-state index contributed by atoms with van der Waals surface area (Å²) in [5.41, 5.74) is 1.85. The van der Waals surface area contributed by atoms with Gasteiger partial charge < -0.3 is 5.11 Å². The van der Waals surface area contributed by atoms with Crippen molar-refractivity contribution in [1.82, 2.24) is 4.98 Å². The lowest BCUT2D eigenvalue weighted by Crippen LogP contribution is -1.87. The summed E-state index contributed by atoms with van der Waals surface area (Å²) in [6.07, 6.45) is 6.00. The minimum absolute atomic E-state index is 0.882. The quantitative estimate of drug-likeness (QED) is 0.672. The molecule has 1 N–H and O–H groups in total. The van der Waals surface area contributed by atoms with Crippen LogP contribution in [0.3, 0.4) is 0 Å². The molecule has 0 bridgehead atoms. The van der Waals surface area contributed by atoms with E-state index in [1.807, 2.05) is 6.92 Å². The lowest BCUT2D eigenvalue weighted by atomic mass is 10.1. The standard InChI is InChI=1S/C9H9NO2/c1-7-6-10-5-4-8(7)2-3-9(11)12/h2-6H,1H3,(H,11,12)/b3-2-. The Morgan fingerprint density at radius 3 is 3.00 bits per heavy atom. The van der Waals surface area contributed by atoms with E-state index in [-0.39, 0.29) is 0 Å². The second-order valence-corrected chi connectivity index (χ2v) is 2.40. The lowest BCUT2D eigenvalue weighted by Gasteiger charge is -1.95. The first kappa shape index (κ1) is 8.46. The van der Waals surface area contributed by atoms with Crippen LogP contribution in [0, 0.1) is 6.92 Å². The fourth-order valence-electron chi connectivity index (χ4n) is 0.832. The Morgan fingerprint density at radius 1 is 1.67 bits per heavy atom. The van der Waals surface area contributed by atoms with Crippen molar-refractivity contribution in [1.29, 1.82) is 0 Å². The van der Waals surface area contributed by atoms with E-state index >= 15 is 0 Å². The van der Waals surface area contributed by atoms with E-state index in [4.69, 9.17) is 5.11 Å². The molecule has 0 radical (unpaired) electrons. The SMILES string of the molecule is Cc1cnccc1/C=C\C(=O)O. The largest absolute Gasteiger partial charge is 0.478 e. The molecule has 0 spiro atoms. The summed E-state index contributed by atoms with van der Waals surface area (Å²) in [7, 11) is 0. The number of aliphatic carboxylic acids is 1. The van der Waals surface area contributed by atoms with Crippen LogP contribution in [0.4, 0.5) is 0 Å². The Kier molecular flexibility index (Phi) is 2.58. The third kappa shape index (κ3) is 2.20. The normalized spacial score (nSPS) is 10.4. The van der Waals surface area contributed by atoms with E-state index in [0.717, 1.165) is 17.2 Å². The highest BCUT2D eigenvalue weighted by molar-refractivity contribution is 5.85. The number of carboxylic acid groups (broad SMARTS) is 1. The molecule has 62 valence electrons. The molecule has 1 aromatic rings. The molecule has 0 saturated heterocycles. The van der Waals surface area contributed by atoms with Crippen LogP contribution in [-0.4, -0.2) is 16.1 Å². The van der Waals surface area contributed by atoms with Crippen LogP contribution >= 0.6 is 0 Å². The fraction of sp³-hybridized carbons (Fsp3) is 0.111. The van der Waals surface area contributed by atoms with Gasteiger partial charge in [0.2, 0.25) is 0 Å². The van der Waals surface area contributed by atoms with Crippen molar-refractivity contribution in [2.24, 2.45) is 0 Å². The van der Waals surface area contributed by atoms with Crippen LogP contribution < -0.4 is 0 Å². The Labute approximate surface area is 70.4 Å². The summed E-state index contributed by atoms with van der Waals surface area (Å²) in [6, 6.07) is 1.77. The number of hydrogen-bond donors (Lipinski definition) is 1. The zero-order valence-electron chi connectivity index (χ0n) is 6.69. The smallest absolute Gasteiger partial charge is 0.328 e. The van der Waals surface area contributed by atoms with Crippen molar-refractivity contribution in [2.45, 2.75) is 6.92 Å². The van der Waals surface area contributed by atoms with Gasteiger partial charge in [0.05, 0.1) is 0 Å². The van der Waals surface area contributed by atoms with Crippen molar-refractivity contribution >= 4 is 12.0 Å². The average Bonchev–Trinajstić information content (AvgIpc) is 2.03. The first-order valence-corrected chi connectivity index (χ1v) is 3.52. The molecule has 0 aliphatic carbocycles. The maximum absolute atomic E-state index is 10.2. The first-order valence-electron chi connectivity index (χ1n) is 3.52. The van der Waals surface area contributed by atoms with E-state index in [1.54, 1.807) is 24.5 Å². The Bertz CT molecular complexity index is 318. The van der Waals surface area contributed by atoms with Crippen LogP contribution in [-0.2, 0) is 4.79 Å². The highest BCUT2D eigenvalue weighted by Gasteiger charge is 1.92. The zero-order valence-corrected chi connectivity index (χ0v) is 6.69. The van der Waals surface area contributed by atoms with Gasteiger partial charge in [-0.2, -0.15) is 0 Å². The number of aryl methyl sites for hydroxylation is 1. The molecule has 3 heteroatoms. The molecule has 0 aromatic carbocycles. The third-order valence-electron chi connectivity index (χ3n) is 1.47. The molecular formula is C9H9NO2. The molecule has 1 aromatic heterocycles. The van der Waals surface area contributed by atoms with Gasteiger partial charge in [0.15, 0.2) is 0 Å². The molecule has 0 aliphatic rings. The number of rotatable bonds is 2. The van der Waals surface area contributed by atoms with E-state index in [0.29, 0.717) is 0 Å². The Balaban J connectivity index is 2.89. The van der Waals surface area contributed by atoms with Crippen molar-refractivity contribution < 1.29 is 9.90 Å². The predicted octanol–water partition coefficient (Wildman–Crippen LogP) is 1.49. The van der Waals surface area contributed by atoms with Crippen molar-refractivity contribution in [3.63, 3.8) is 0 Å². The second kappa shape index (κ2) is 3.67. The van der Waals surface area contributed by atoms with Gasteiger partial charge in [-0.25, -0.2) is 4.79 Å². The molecule has 3 nitrogen and oxygen atoms in total. The van der Waals surface area contributed by atoms with Crippen LogP contribution in [0.15, 0.2) is 24.5 Å². The predicted molar refractivity (Wildman–Crippen MR) is 45.6 cm³/mol. The molecule has 1 heterocycles. The molecule has 0 amide bonds. The minimum atomic E-state index is -0.939. The highest BCUT2D eigenvalue weighted by atomic mass is 16.4. The molecular weight excluding hydrogens is 154 g/mol. The summed E-state index contributed by atoms with van der Waals surface area (Å²) in [6.45, 7) is 1.88. The van der Waals surface area contributed by atoms with Gasteiger partial charge in [-0.1, -0.05) is 0 Å². The van der Waals surface area contributed by atoms with Gasteiger partial charge in [-0.3, -0.25) is 4.98 Å². The van der Waals surface area contributed by atoms with E-state index in [1.165, 1.54) is 0 Å². The number of carbonyl (C=O) groups is 1. The summed E-state index contributed by atoms with van der Waals surface area (Å²) in [5, 5.41) is 8.36. The van der Waals surface area contributed by atoms with Gasteiger partial charge in [0, 0.05) is 18.5 Å². The maximum atomic E-state index is 10.2. The Hall–Kier alpha value is -1.64. The van der Waals surface area contributed by atoms with Crippen molar-refractivity contribution in [3.8, 4) is 0 Å². The zero-order chi connectivity index (χ0) is 8.97. The van der Waals surface area contributed by atoms with Gasteiger partial charge in [-0.05, 0) is 30.2 Å². The Morgan fingerprint density at radius 2 is 2.42 bits per heavy atom. The van der Waals surface area contributed by atoms with Gasteiger partial charge >= 0.3 is 5.97 Å². The number of nitrogens with zero attached hydrogens (tertiary/aromatic N) is 1. The second-order valence-electron chi connectivity index (χ2n) is 2.40. The van der Waals surface area contributed by atoms with Crippen LogP contribution in [0.2, 0.25) is 0 Å². The number of carboxylic acids is 1. The number of aromatic nitrogens is 1. The molecule has 0 atom stereocenters. The van der Waals surface area contributed by atoms with Crippen LogP contribution in [0.25, 0.3) is 6.08 Å². The highest BCUT2D eigenvalue weighted by Crippen LogP contribution is 2.06. The van der Waals surface area contributed by atoms with Crippen LogP contribution in [0.1, 0.15) is 11.1 Å². The van der Waals surface area contributed by atoms with E-state index < -0.39 is 5.97 Å². The molecule has 0 saturated carbocycles. The summed E-state index contributed by atoms with van der Waals surface area (Å²) in [4.78, 5) is 14.1. The molecule has 12 heavy (non-hydrogen) atoms. The number of hydrogen-bond acceptors (Lipinski definition) is 2. The monoisotopic (exact) mass is 163 g/mol. The van der Waals surface area contributed by atoms with Gasteiger partial charge in [-0.15, -0.1) is 0 Å². The van der Waals surface area contributed by atoms with E-state index in [2.05, 4.69) is 4.98 Å². The molecule has 0 fully saturated rings. The molecule has 0 unspecified atom stereocenters. The van der Waals surface area contributed by atoms with Gasteiger partial charge in [0.25, 0.3) is 0 Å². The number of pyridine rings is 1. The van der Waals surface area contributed by atoms with Crippen LogP contribution in [0.5, 0.6) is 0 Å². The maximum Gasteiger partial charge on any atom is 0.328 e. The minimum Gasteiger partial charge on any atom is -0.478 e. The van der Waals surface area contributed by atoms with E-state index in [9.17, 15) is 4.79 Å². The van der Waals surface area contributed by atoms with Crippen molar-refractivity contribution in [2.75, 3.05) is 0 Å².